The molecule has 58 heavy (non-hydrogen) atoms. The van der Waals surface area contributed by atoms with E-state index in [4.69, 9.17) is 14.2 Å². The molecule has 0 saturated heterocycles. The van der Waals surface area contributed by atoms with E-state index < -0.39 is 72.3 Å². The molecule has 17 nitrogen and oxygen atoms in total. The summed E-state index contributed by atoms with van der Waals surface area (Å²) >= 11 is 0. The maximum atomic E-state index is 13.7. The van der Waals surface area contributed by atoms with E-state index in [0.29, 0.717) is 46.6 Å². The molecule has 5 rings (SSSR count). The van der Waals surface area contributed by atoms with Crippen molar-refractivity contribution in [2.45, 2.75) is 64.9 Å². The minimum absolute atomic E-state index is 0.0441. The Hall–Kier alpha value is -6.49. The lowest BCUT2D eigenvalue weighted by molar-refractivity contribution is -0.139. The number of aliphatic hydroxyl groups excluding tert-OH is 1. The minimum atomic E-state index is -1.50. The van der Waals surface area contributed by atoms with Crippen LogP contribution in [0.25, 0.3) is 10.9 Å². The summed E-state index contributed by atoms with van der Waals surface area (Å²) in [5.41, 5.74) is 0.757. The maximum absolute atomic E-state index is 13.7. The normalized spacial score (nSPS) is 18.2. The van der Waals surface area contributed by atoms with Crippen molar-refractivity contribution in [3.05, 3.63) is 88.5 Å². The van der Waals surface area contributed by atoms with Gasteiger partial charge in [0.05, 0.1) is 56.2 Å². The molecule has 0 spiro atoms. The fraction of sp³-hybridized carbons (Fsp3) is 0.390. The van der Waals surface area contributed by atoms with Crippen molar-refractivity contribution in [2.24, 2.45) is 5.92 Å². The second-order valence-corrected chi connectivity index (χ2v) is 14.1. The van der Waals surface area contributed by atoms with E-state index in [9.17, 15) is 33.9 Å². The fourth-order valence-electron chi connectivity index (χ4n) is 6.37. The third-order valence-electron chi connectivity index (χ3n) is 9.59. The molecule has 1 aliphatic heterocycles. The summed E-state index contributed by atoms with van der Waals surface area (Å²) in [4.78, 5) is 86.6. The number of amides is 5. The molecule has 2 bridgehead atoms. The Morgan fingerprint density at radius 3 is 2.36 bits per heavy atom. The zero-order valence-corrected chi connectivity index (χ0v) is 33.1. The number of aromatic nitrogens is 2. The van der Waals surface area contributed by atoms with Gasteiger partial charge in [0.2, 0.25) is 23.6 Å². The molecule has 4 aromatic rings. The summed E-state index contributed by atoms with van der Waals surface area (Å²) in [6, 6.07) is 13.9. The number of nitrogens with one attached hydrogen (secondary N) is 4. The molecule has 2 heterocycles. The topological polar surface area (TPSA) is 220 Å². The highest BCUT2D eigenvalue weighted by molar-refractivity contribution is 5.95. The van der Waals surface area contributed by atoms with Crippen molar-refractivity contribution >= 4 is 40.4 Å². The Kier molecular flexibility index (Phi) is 14.4. The molecular formula is C41H49N7O10. The van der Waals surface area contributed by atoms with Gasteiger partial charge in [-0.05, 0) is 68.1 Å². The second kappa shape index (κ2) is 19.6. The smallest absolute Gasteiger partial charge is 0.261 e. The molecule has 3 atom stereocenters. The number of benzene rings is 3. The molecule has 1 aromatic heterocycles. The molecule has 3 aromatic carbocycles. The Morgan fingerprint density at radius 1 is 0.879 bits per heavy atom. The molecule has 0 unspecified atom stereocenters. The van der Waals surface area contributed by atoms with Crippen molar-refractivity contribution in [3.63, 3.8) is 0 Å². The molecule has 0 aliphatic carbocycles. The number of aliphatic hydroxyl groups is 1. The number of carbonyl (C=O) groups is 5. The van der Waals surface area contributed by atoms with Gasteiger partial charge in [0.15, 0.2) is 11.5 Å². The van der Waals surface area contributed by atoms with Crippen molar-refractivity contribution in [2.75, 3.05) is 33.9 Å². The molecule has 5 N–H and O–H groups in total. The number of hydrogen-bond acceptors (Lipinski definition) is 11. The van der Waals surface area contributed by atoms with E-state index in [1.54, 1.807) is 68.4 Å². The predicted molar refractivity (Wildman–Crippen MR) is 212 cm³/mol. The number of nitrogens with zero attached hydrogens (tertiary/aromatic N) is 3. The van der Waals surface area contributed by atoms with E-state index in [1.165, 1.54) is 38.4 Å². The van der Waals surface area contributed by atoms with Gasteiger partial charge in [0.25, 0.3) is 11.5 Å². The number of methoxy groups -OCH3 is 2. The van der Waals surface area contributed by atoms with E-state index in [-0.39, 0.29) is 30.9 Å². The fourth-order valence-corrected chi connectivity index (χ4v) is 6.37. The molecule has 0 saturated carbocycles. The molecular weight excluding hydrogens is 750 g/mol. The summed E-state index contributed by atoms with van der Waals surface area (Å²) in [7, 11) is 2.93. The Bertz CT molecular complexity index is 2210. The lowest BCUT2D eigenvalue weighted by Gasteiger charge is -2.28. The maximum Gasteiger partial charge on any atom is 0.261 e. The van der Waals surface area contributed by atoms with Gasteiger partial charge < -0.3 is 45.5 Å². The summed E-state index contributed by atoms with van der Waals surface area (Å²) in [5.74, 6) is -2.33. The molecule has 0 fully saturated rings. The van der Waals surface area contributed by atoms with Crippen LogP contribution in [0.5, 0.6) is 23.0 Å². The molecule has 1 aliphatic rings. The number of fused-ring (bicyclic) bond motifs is 4. The molecule has 308 valence electrons. The van der Waals surface area contributed by atoms with E-state index in [1.807, 2.05) is 0 Å². The van der Waals surface area contributed by atoms with Crippen LogP contribution in [0.3, 0.4) is 0 Å². The van der Waals surface area contributed by atoms with Crippen LogP contribution in [-0.4, -0.2) is 101 Å². The molecule has 5 amide bonds. The zero-order valence-electron chi connectivity index (χ0n) is 33.1. The van der Waals surface area contributed by atoms with Crippen LogP contribution in [-0.2, 0) is 32.3 Å². The summed E-state index contributed by atoms with van der Waals surface area (Å²) in [6.45, 7) is 3.96. The Labute approximate surface area is 335 Å². The lowest BCUT2D eigenvalue weighted by atomic mass is 10.0. The monoisotopic (exact) mass is 799 g/mol. The van der Waals surface area contributed by atoms with Crippen molar-refractivity contribution in [1.29, 1.82) is 0 Å². The third-order valence-corrected chi connectivity index (χ3v) is 9.59. The Balaban J connectivity index is 1.45. The first-order valence-electron chi connectivity index (χ1n) is 18.9. The van der Waals surface area contributed by atoms with Crippen molar-refractivity contribution in [3.8, 4) is 23.0 Å². The number of ether oxygens (including phenoxy) is 3. The first-order chi connectivity index (χ1) is 27.8. The van der Waals surface area contributed by atoms with Crippen LogP contribution in [0.1, 0.15) is 49.5 Å². The first kappa shape index (κ1) is 42.6. The van der Waals surface area contributed by atoms with Crippen LogP contribution in [0.2, 0.25) is 0 Å². The highest BCUT2D eigenvalue weighted by Crippen LogP contribution is 2.37. The average Bonchev–Trinajstić information content (AvgIpc) is 3.20. The van der Waals surface area contributed by atoms with Gasteiger partial charge in [-0.2, -0.15) is 0 Å². The SMILES string of the molecule is COc1ccc2cc1Oc1cccc(OC)c1CNC(=O)[C@@H](C(C)C)NC(=O)[C@H]([C@@H](C)O)NC(=O)CN(C(=O)Cn1cnc3ccccc3c1=O)CCCCNC2=O. The van der Waals surface area contributed by atoms with Gasteiger partial charge in [-0.15, -0.1) is 0 Å². The van der Waals surface area contributed by atoms with Crippen molar-refractivity contribution in [1.82, 2.24) is 35.7 Å². The van der Waals surface area contributed by atoms with Gasteiger partial charge >= 0.3 is 0 Å². The highest BCUT2D eigenvalue weighted by Gasteiger charge is 2.32. The number of carbonyl (C=O) groups excluding carboxylic acids is 5. The summed E-state index contributed by atoms with van der Waals surface area (Å²) < 4.78 is 18.5. The van der Waals surface area contributed by atoms with Crippen molar-refractivity contribution < 1.29 is 43.3 Å². The molecule has 17 heteroatoms. The van der Waals surface area contributed by atoms with Gasteiger partial charge in [-0.1, -0.05) is 32.0 Å². The number of hydrogen-bond donors (Lipinski definition) is 5. The zero-order chi connectivity index (χ0) is 41.9. The second-order valence-electron chi connectivity index (χ2n) is 14.1. The summed E-state index contributed by atoms with van der Waals surface area (Å²) in [6.07, 6.45) is 0.604. The van der Waals surface area contributed by atoms with Crippen LogP contribution < -0.4 is 41.0 Å². The standard InChI is InChI=1S/C41H49N7O10/c1-24(2)36-39(53)43-20-28-30(56-4)13-10-14-31(28)58-33-19-26(15-16-32(33)57-5)38(52)42-17-8-9-18-47(21-34(50)45-37(25(3)49)40(54)46-36)35(51)22-48-23-44-29-12-7-6-11-27(29)41(48)55/h6-7,10-16,19,23-25,36-37,49H,8-9,17-18,20-22H2,1-5H3,(H,42,52)(H,43,53)(H,45,50)(H,46,54)/t25-,36-,37+/m1/s1. The third kappa shape index (κ3) is 10.5. The Morgan fingerprint density at radius 2 is 1.64 bits per heavy atom. The minimum Gasteiger partial charge on any atom is -0.496 e. The largest absolute Gasteiger partial charge is 0.496 e. The summed E-state index contributed by atoms with van der Waals surface area (Å²) in [5, 5.41) is 21.8. The lowest BCUT2D eigenvalue weighted by Crippen LogP contribution is -2.59. The van der Waals surface area contributed by atoms with E-state index >= 15 is 0 Å². The average molecular weight is 800 g/mol. The van der Waals surface area contributed by atoms with E-state index in [2.05, 4.69) is 26.3 Å². The highest BCUT2D eigenvalue weighted by atomic mass is 16.5. The first-order valence-corrected chi connectivity index (χ1v) is 18.9. The quantitative estimate of drug-likeness (QED) is 0.190. The van der Waals surface area contributed by atoms with Crippen LogP contribution in [0.15, 0.2) is 71.8 Å². The number of para-hydroxylation sites is 1. The van der Waals surface area contributed by atoms with Gasteiger partial charge in [0, 0.05) is 18.7 Å². The molecule has 0 radical (unpaired) electrons. The van der Waals surface area contributed by atoms with Gasteiger partial charge in [0.1, 0.15) is 30.1 Å². The predicted octanol–water partition coefficient (Wildman–Crippen LogP) is 1.88. The van der Waals surface area contributed by atoms with Gasteiger partial charge in [-0.3, -0.25) is 33.3 Å². The number of rotatable bonds is 6. The van der Waals surface area contributed by atoms with Crippen LogP contribution >= 0.6 is 0 Å². The van der Waals surface area contributed by atoms with Gasteiger partial charge in [-0.25, -0.2) is 4.98 Å². The van der Waals surface area contributed by atoms with E-state index in [0.717, 1.165) is 4.57 Å². The van der Waals surface area contributed by atoms with Crippen LogP contribution in [0.4, 0.5) is 0 Å². The van der Waals surface area contributed by atoms with Crippen LogP contribution in [0, 0.1) is 5.92 Å².